The number of nitriles is 1. The van der Waals surface area contributed by atoms with Crippen molar-refractivity contribution < 1.29 is 9.90 Å². The highest BCUT2D eigenvalue weighted by atomic mass is 32.1. The first-order chi connectivity index (χ1) is 6.54. The monoisotopic (exact) mass is 207 g/mol. The van der Waals surface area contributed by atoms with Crippen LogP contribution in [0.4, 0.5) is 0 Å². The smallest absolute Gasteiger partial charge is 0.307 e. The van der Waals surface area contributed by atoms with Gasteiger partial charge in [0.25, 0.3) is 0 Å². The van der Waals surface area contributed by atoms with Gasteiger partial charge in [-0.3, -0.25) is 4.79 Å². The summed E-state index contributed by atoms with van der Waals surface area (Å²) in [5.74, 6) is -0.884. The van der Waals surface area contributed by atoms with Crippen molar-refractivity contribution in [3.63, 3.8) is 0 Å². The van der Waals surface area contributed by atoms with E-state index in [1.54, 1.807) is 19.1 Å². The minimum Gasteiger partial charge on any atom is -0.481 e. The fourth-order valence-corrected chi connectivity index (χ4v) is 1.45. The summed E-state index contributed by atoms with van der Waals surface area (Å²) >= 11 is 4.10. The van der Waals surface area contributed by atoms with E-state index < -0.39 is 5.97 Å². The highest BCUT2D eigenvalue weighted by Crippen LogP contribution is 2.19. The molecule has 0 aromatic heterocycles. The summed E-state index contributed by atoms with van der Waals surface area (Å²) < 4.78 is 0. The van der Waals surface area contributed by atoms with Crippen molar-refractivity contribution in [2.24, 2.45) is 0 Å². The molecule has 0 radical (unpaired) electrons. The lowest BCUT2D eigenvalue weighted by molar-refractivity contribution is -0.136. The molecule has 4 heteroatoms. The molecule has 0 saturated heterocycles. The molecule has 1 aromatic rings. The van der Waals surface area contributed by atoms with Crippen LogP contribution in [0.1, 0.15) is 16.7 Å². The lowest BCUT2D eigenvalue weighted by atomic mass is 10.0. The molecule has 0 aliphatic rings. The SMILES string of the molecule is Cc1cc(C#N)c(S)cc1CC(=O)O. The van der Waals surface area contributed by atoms with Crippen LogP contribution in [0.25, 0.3) is 0 Å². The maximum absolute atomic E-state index is 10.5. The van der Waals surface area contributed by atoms with E-state index in [0.717, 1.165) is 5.56 Å². The average Bonchev–Trinajstić information content (AvgIpc) is 2.10. The molecule has 0 amide bonds. The number of carboxylic acids is 1. The molecule has 3 nitrogen and oxygen atoms in total. The number of thiol groups is 1. The van der Waals surface area contributed by atoms with E-state index >= 15 is 0 Å². The second-order valence-corrected chi connectivity index (χ2v) is 3.46. The number of hydrogen-bond acceptors (Lipinski definition) is 3. The topological polar surface area (TPSA) is 61.1 Å². The van der Waals surface area contributed by atoms with E-state index in [4.69, 9.17) is 10.4 Å². The predicted molar refractivity (Wildman–Crippen MR) is 54.5 cm³/mol. The number of benzene rings is 1. The van der Waals surface area contributed by atoms with Crippen molar-refractivity contribution in [3.05, 3.63) is 28.8 Å². The van der Waals surface area contributed by atoms with Crippen LogP contribution in [0.5, 0.6) is 0 Å². The van der Waals surface area contributed by atoms with E-state index in [0.29, 0.717) is 16.0 Å². The molecule has 0 aliphatic carbocycles. The lowest BCUT2D eigenvalue weighted by Crippen LogP contribution is -2.02. The average molecular weight is 207 g/mol. The normalized spacial score (nSPS) is 9.50. The summed E-state index contributed by atoms with van der Waals surface area (Å²) in [5, 5.41) is 17.3. The highest BCUT2D eigenvalue weighted by molar-refractivity contribution is 7.80. The zero-order valence-corrected chi connectivity index (χ0v) is 8.51. The number of nitrogens with zero attached hydrogens (tertiary/aromatic N) is 1. The van der Waals surface area contributed by atoms with Gasteiger partial charge < -0.3 is 5.11 Å². The first-order valence-electron chi connectivity index (χ1n) is 3.99. The molecule has 0 saturated carbocycles. The third-order valence-corrected chi connectivity index (χ3v) is 2.29. The Kier molecular flexibility index (Phi) is 3.15. The molecule has 0 fully saturated rings. The molecular weight excluding hydrogens is 198 g/mol. The zero-order chi connectivity index (χ0) is 10.7. The number of carbonyl (C=O) groups is 1. The molecule has 0 atom stereocenters. The maximum Gasteiger partial charge on any atom is 0.307 e. The molecule has 1 aromatic carbocycles. The number of aliphatic carboxylic acids is 1. The van der Waals surface area contributed by atoms with Crippen LogP contribution in [0.3, 0.4) is 0 Å². The fourth-order valence-electron chi connectivity index (χ4n) is 1.18. The molecule has 0 heterocycles. The number of rotatable bonds is 2. The predicted octanol–water partition coefficient (Wildman–Crippen LogP) is 1.78. The fraction of sp³-hybridized carbons (Fsp3) is 0.200. The second-order valence-electron chi connectivity index (χ2n) is 2.98. The quantitative estimate of drug-likeness (QED) is 0.727. The van der Waals surface area contributed by atoms with Crippen LogP contribution in [-0.2, 0) is 11.2 Å². The summed E-state index contributed by atoms with van der Waals surface area (Å²) in [7, 11) is 0. The van der Waals surface area contributed by atoms with Crippen LogP contribution >= 0.6 is 12.6 Å². The largest absolute Gasteiger partial charge is 0.481 e. The highest BCUT2D eigenvalue weighted by Gasteiger charge is 2.07. The van der Waals surface area contributed by atoms with Gasteiger partial charge in [0, 0.05) is 4.90 Å². The zero-order valence-electron chi connectivity index (χ0n) is 7.61. The summed E-state index contributed by atoms with van der Waals surface area (Å²) in [6, 6.07) is 5.28. The number of carboxylic acid groups (broad SMARTS) is 1. The number of hydrogen-bond donors (Lipinski definition) is 2. The third-order valence-electron chi connectivity index (χ3n) is 1.92. The molecule has 1 N–H and O–H groups in total. The van der Waals surface area contributed by atoms with Crippen molar-refractivity contribution in [1.82, 2.24) is 0 Å². The number of aryl methyl sites for hydroxylation is 1. The first kappa shape index (κ1) is 10.6. The van der Waals surface area contributed by atoms with Gasteiger partial charge in [-0.1, -0.05) is 0 Å². The summed E-state index contributed by atoms with van der Waals surface area (Å²) in [5.41, 5.74) is 1.98. The van der Waals surface area contributed by atoms with Crippen LogP contribution in [-0.4, -0.2) is 11.1 Å². The Hall–Kier alpha value is -1.47. The first-order valence-corrected chi connectivity index (χ1v) is 4.43. The van der Waals surface area contributed by atoms with Crippen molar-refractivity contribution in [2.45, 2.75) is 18.2 Å². The van der Waals surface area contributed by atoms with Crippen molar-refractivity contribution in [2.75, 3.05) is 0 Å². The van der Waals surface area contributed by atoms with E-state index in [2.05, 4.69) is 12.6 Å². The van der Waals surface area contributed by atoms with Gasteiger partial charge in [-0.05, 0) is 30.2 Å². The van der Waals surface area contributed by atoms with Crippen molar-refractivity contribution >= 4 is 18.6 Å². The maximum atomic E-state index is 10.5. The van der Waals surface area contributed by atoms with Gasteiger partial charge in [-0.25, -0.2) is 0 Å². The van der Waals surface area contributed by atoms with E-state index in [1.165, 1.54) is 0 Å². The van der Waals surface area contributed by atoms with E-state index in [-0.39, 0.29) is 6.42 Å². The van der Waals surface area contributed by atoms with Gasteiger partial charge >= 0.3 is 5.97 Å². The molecule has 72 valence electrons. The van der Waals surface area contributed by atoms with Gasteiger partial charge in [-0.15, -0.1) is 12.6 Å². The van der Waals surface area contributed by atoms with Crippen molar-refractivity contribution in [1.29, 1.82) is 5.26 Å². The Balaban J connectivity index is 3.16. The summed E-state index contributed by atoms with van der Waals surface area (Å²) in [4.78, 5) is 11.0. The van der Waals surface area contributed by atoms with Gasteiger partial charge in [0.1, 0.15) is 6.07 Å². The Morgan fingerprint density at radius 1 is 1.64 bits per heavy atom. The van der Waals surface area contributed by atoms with Gasteiger partial charge in [0.05, 0.1) is 12.0 Å². The molecule has 0 spiro atoms. The van der Waals surface area contributed by atoms with Gasteiger partial charge in [-0.2, -0.15) is 5.26 Å². The second kappa shape index (κ2) is 4.16. The Bertz CT molecular complexity index is 421. The summed E-state index contributed by atoms with van der Waals surface area (Å²) in [6.07, 6.45) is -0.0366. The van der Waals surface area contributed by atoms with Crippen molar-refractivity contribution in [3.8, 4) is 6.07 Å². The lowest BCUT2D eigenvalue weighted by Gasteiger charge is -2.05. The summed E-state index contributed by atoms with van der Waals surface area (Å²) in [6.45, 7) is 1.78. The molecular formula is C10H9NO2S. The van der Waals surface area contributed by atoms with Crippen LogP contribution < -0.4 is 0 Å². The minimum absolute atomic E-state index is 0.0366. The molecule has 0 unspecified atom stereocenters. The standard InChI is InChI=1S/C10H9NO2S/c1-6-2-8(5-11)9(14)3-7(6)4-10(12)13/h2-3,14H,4H2,1H3,(H,12,13). The Morgan fingerprint density at radius 3 is 2.79 bits per heavy atom. The van der Waals surface area contributed by atoms with E-state index in [1.807, 2.05) is 6.07 Å². The molecule has 0 bridgehead atoms. The van der Waals surface area contributed by atoms with Crippen LogP contribution in [0.15, 0.2) is 17.0 Å². The molecule has 14 heavy (non-hydrogen) atoms. The Labute approximate surface area is 87.4 Å². The third kappa shape index (κ3) is 2.27. The van der Waals surface area contributed by atoms with Crippen LogP contribution in [0.2, 0.25) is 0 Å². The van der Waals surface area contributed by atoms with Gasteiger partial charge in [0.15, 0.2) is 0 Å². The van der Waals surface area contributed by atoms with E-state index in [9.17, 15) is 4.79 Å². The minimum atomic E-state index is -0.884. The molecule has 1 rings (SSSR count). The molecule has 0 aliphatic heterocycles. The Morgan fingerprint density at radius 2 is 2.29 bits per heavy atom. The van der Waals surface area contributed by atoms with Crippen LogP contribution in [0, 0.1) is 18.3 Å². The van der Waals surface area contributed by atoms with Gasteiger partial charge in [0.2, 0.25) is 0 Å².